The Morgan fingerprint density at radius 2 is 1.70 bits per heavy atom. The van der Waals surface area contributed by atoms with Gasteiger partial charge in [-0.1, -0.05) is 41.9 Å². The largest absolute Gasteiger partial charge is 0.439 e. The Balaban J connectivity index is 1.36. The molecule has 5 heteroatoms. The molecule has 0 unspecified atom stereocenters. The van der Waals surface area contributed by atoms with E-state index in [-0.39, 0.29) is 0 Å². The van der Waals surface area contributed by atoms with Gasteiger partial charge < -0.3 is 9.64 Å². The first-order chi connectivity index (χ1) is 13.3. The molecule has 0 bridgehead atoms. The first kappa shape index (κ1) is 17.8. The van der Waals surface area contributed by atoms with Gasteiger partial charge in [0.2, 0.25) is 5.88 Å². The highest BCUT2D eigenvalue weighted by Crippen LogP contribution is 2.27. The molecule has 27 heavy (non-hydrogen) atoms. The summed E-state index contributed by atoms with van der Waals surface area (Å²) in [5.41, 5.74) is 1.43. The lowest BCUT2D eigenvalue weighted by Crippen LogP contribution is -2.34. The number of rotatable bonds is 5. The van der Waals surface area contributed by atoms with Crippen LogP contribution in [-0.2, 0) is 6.42 Å². The van der Waals surface area contributed by atoms with Gasteiger partial charge in [-0.3, -0.25) is 0 Å². The van der Waals surface area contributed by atoms with E-state index in [1.807, 2.05) is 18.2 Å². The van der Waals surface area contributed by atoms with Crippen molar-refractivity contribution in [3.05, 3.63) is 77.6 Å². The van der Waals surface area contributed by atoms with Gasteiger partial charge in [0, 0.05) is 24.2 Å². The van der Waals surface area contributed by atoms with Crippen molar-refractivity contribution in [1.82, 2.24) is 9.97 Å². The lowest BCUT2D eigenvalue weighted by atomic mass is 9.90. The van der Waals surface area contributed by atoms with Crippen molar-refractivity contribution in [2.24, 2.45) is 5.92 Å². The molecule has 4 rings (SSSR count). The van der Waals surface area contributed by atoms with Crippen LogP contribution in [0.2, 0.25) is 5.02 Å². The Hall–Kier alpha value is -2.59. The maximum atomic E-state index is 5.92. The highest BCUT2D eigenvalue weighted by molar-refractivity contribution is 6.30. The number of nitrogens with zero attached hydrogens (tertiary/aromatic N) is 3. The minimum atomic E-state index is 0.550. The molecule has 0 spiro atoms. The average molecular weight is 380 g/mol. The quantitative estimate of drug-likeness (QED) is 0.596. The summed E-state index contributed by atoms with van der Waals surface area (Å²) in [5, 5.41) is 0.684. The molecule has 0 amide bonds. The molecule has 1 aliphatic heterocycles. The van der Waals surface area contributed by atoms with Gasteiger partial charge in [0.05, 0.1) is 0 Å². The molecule has 138 valence electrons. The molecule has 1 saturated heterocycles. The van der Waals surface area contributed by atoms with E-state index >= 15 is 0 Å². The fraction of sp³-hybridized carbons (Fsp3) is 0.273. The van der Waals surface area contributed by atoms with Crippen LogP contribution in [0, 0.1) is 5.92 Å². The summed E-state index contributed by atoms with van der Waals surface area (Å²) in [6.45, 7) is 2.02. The van der Waals surface area contributed by atoms with Gasteiger partial charge in [-0.2, -0.15) is 0 Å². The Bertz CT molecular complexity index is 862. The van der Waals surface area contributed by atoms with E-state index in [0.717, 1.165) is 31.2 Å². The number of aromatic nitrogens is 2. The molecule has 2 aromatic carbocycles. The molecule has 1 aliphatic rings. The Morgan fingerprint density at radius 3 is 2.44 bits per heavy atom. The lowest BCUT2D eigenvalue weighted by molar-refractivity contribution is 0.401. The molecule has 0 atom stereocenters. The highest BCUT2D eigenvalue weighted by atomic mass is 35.5. The molecule has 0 aliphatic carbocycles. The zero-order valence-corrected chi connectivity index (χ0v) is 15.8. The Labute approximate surface area is 164 Å². The molecule has 0 N–H and O–H groups in total. The van der Waals surface area contributed by atoms with Gasteiger partial charge in [-0.15, -0.1) is 0 Å². The van der Waals surface area contributed by atoms with Gasteiger partial charge in [0.25, 0.3) is 0 Å². The molecular formula is C22H22ClN3O. The van der Waals surface area contributed by atoms with E-state index in [0.29, 0.717) is 16.7 Å². The molecule has 1 aromatic heterocycles. The van der Waals surface area contributed by atoms with E-state index in [9.17, 15) is 0 Å². The van der Waals surface area contributed by atoms with Crippen molar-refractivity contribution in [2.75, 3.05) is 18.0 Å². The van der Waals surface area contributed by atoms with E-state index in [1.54, 1.807) is 18.5 Å². The van der Waals surface area contributed by atoms with Crippen molar-refractivity contribution in [3.8, 4) is 11.6 Å². The maximum Gasteiger partial charge on any atom is 0.224 e. The van der Waals surface area contributed by atoms with Crippen LogP contribution >= 0.6 is 11.6 Å². The second kappa shape index (κ2) is 8.40. The molecule has 0 radical (unpaired) electrons. The Kier molecular flexibility index (Phi) is 5.54. The summed E-state index contributed by atoms with van der Waals surface area (Å²) in [6.07, 6.45) is 5.07. The number of hydrogen-bond acceptors (Lipinski definition) is 4. The van der Waals surface area contributed by atoms with Gasteiger partial charge in [0.1, 0.15) is 17.9 Å². The average Bonchev–Trinajstić information content (AvgIpc) is 2.71. The van der Waals surface area contributed by atoms with Crippen molar-refractivity contribution in [1.29, 1.82) is 0 Å². The third kappa shape index (κ3) is 4.77. The fourth-order valence-electron chi connectivity index (χ4n) is 3.50. The molecular weight excluding hydrogens is 358 g/mol. The molecule has 0 saturated carbocycles. The van der Waals surface area contributed by atoms with E-state index in [1.165, 1.54) is 18.4 Å². The van der Waals surface area contributed by atoms with E-state index in [4.69, 9.17) is 16.3 Å². The second-order valence-corrected chi connectivity index (χ2v) is 7.33. The molecule has 3 aromatic rings. The number of anilines is 1. The highest BCUT2D eigenvalue weighted by Gasteiger charge is 2.21. The summed E-state index contributed by atoms with van der Waals surface area (Å²) in [5.74, 6) is 2.92. The van der Waals surface area contributed by atoms with Crippen molar-refractivity contribution < 1.29 is 4.74 Å². The third-order valence-electron chi connectivity index (χ3n) is 4.97. The first-order valence-electron chi connectivity index (χ1n) is 9.30. The monoisotopic (exact) mass is 379 g/mol. The maximum absolute atomic E-state index is 5.92. The third-order valence-corrected chi connectivity index (χ3v) is 5.22. The first-order valence-corrected chi connectivity index (χ1v) is 9.68. The summed E-state index contributed by atoms with van der Waals surface area (Å²) in [7, 11) is 0. The second-order valence-electron chi connectivity index (χ2n) is 6.89. The van der Waals surface area contributed by atoms with Crippen LogP contribution in [0.25, 0.3) is 0 Å². The van der Waals surface area contributed by atoms with Crippen LogP contribution < -0.4 is 9.64 Å². The zero-order valence-electron chi connectivity index (χ0n) is 15.1. The van der Waals surface area contributed by atoms with Crippen molar-refractivity contribution in [2.45, 2.75) is 19.3 Å². The summed E-state index contributed by atoms with van der Waals surface area (Å²) in [4.78, 5) is 11.0. The van der Waals surface area contributed by atoms with Crippen molar-refractivity contribution >= 4 is 17.4 Å². The lowest BCUT2D eigenvalue weighted by Gasteiger charge is -2.32. The molecule has 2 heterocycles. The van der Waals surface area contributed by atoms with Crippen LogP contribution in [0.5, 0.6) is 11.6 Å². The minimum Gasteiger partial charge on any atom is -0.439 e. The minimum absolute atomic E-state index is 0.550. The number of hydrogen-bond donors (Lipinski definition) is 0. The number of halogens is 1. The SMILES string of the molecule is Clc1ccc(Oc2cc(N3CCC(Cc4ccccc4)CC3)ncn2)cc1. The van der Waals surface area contributed by atoms with Gasteiger partial charge in [-0.05, 0) is 55.0 Å². The zero-order chi connectivity index (χ0) is 18.5. The van der Waals surface area contributed by atoms with Gasteiger partial charge in [-0.25, -0.2) is 9.97 Å². The van der Waals surface area contributed by atoms with Crippen molar-refractivity contribution in [3.63, 3.8) is 0 Å². The summed E-state index contributed by atoms with van der Waals surface area (Å²) < 4.78 is 5.83. The van der Waals surface area contributed by atoms with Crippen LogP contribution in [0.1, 0.15) is 18.4 Å². The van der Waals surface area contributed by atoms with Crippen LogP contribution in [0.3, 0.4) is 0 Å². The summed E-state index contributed by atoms with van der Waals surface area (Å²) in [6, 6.07) is 19.9. The predicted molar refractivity (Wildman–Crippen MR) is 109 cm³/mol. The van der Waals surface area contributed by atoms with E-state index < -0.39 is 0 Å². The van der Waals surface area contributed by atoms with Crippen LogP contribution in [-0.4, -0.2) is 23.1 Å². The smallest absolute Gasteiger partial charge is 0.224 e. The van der Waals surface area contributed by atoms with Gasteiger partial charge in [0.15, 0.2) is 0 Å². The predicted octanol–water partition coefficient (Wildman–Crippen LogP) is 5.38. The number of piperidine rings is 1. The van der Waals surface area contributed by atoms with E-state index in [2.05, 4.69) is 45.2 Å². The molecule has 4 nitrogen and oxygen atoms in total. The van der Waals surface area contributed by atoms with Crippen LogP contribution in [0.4, 0.5) is 5.82 Å². The summed E-state index contributed by atoms with van der Waals surface area (Å²) >= 11 is 5.92. The standard InChI is InChI=1S/C22H22ClN3O/c23-19-6-8-20(9-7-19)27-22-15-21(24-16-25-22)26-12-10-18(11-13-26)14-17-4-2-1-3-5-17/h1-9,15-16,18H,10-14H2. The van der Waals surface area contributed by atoms with Crippen LogP contribution in [0.15, 0.2) is 67.0 Å². The molecule has 1 fully saturated rings. The topological polar surface area (TPSA) is 38.2 Å². The normalized spacial score (nSPS) is 14.9. The van der Waals surface area contributed by atoms with Gasteiger partial charge >= 0.3 is 0 Å². The number of ether oxygens (including phenoxy) is 1. The Morgan fingerprint density at radius 1 is 0.963 bits per heavy atom. The fourth-order valence-corrected chi connectivity index (χ4v) is 3.62. The number of benzene rings is 2.